The summed E-state index contributed by atoms with van der Waals surface area (Å²) in [6.07, 6.45) is -4.33. The molecule has 1 unspecified atom stereocenters. The van der Waals surface area contributed by atoms with Crippen molar-refractivity contribution in [3.63, 3.8) is 0 Å². The molecule has 0 spiro atoms. The Morgan fingerprint density at radius 3 is 2.56 bits per heavy atom. The number of β-amino-alcohol motifs (C(OH)–C–C–N with tert-alkyl or cyclic N) is 1. The van der Waals surface area contributed by atoms with Crippen molar-refractivity contribution in [3.8, 4) is 0 Å². The number of nitrogens with one attached hydrogen (secondary N) is 1. The van der Waals surface area contributed by atoms with E-state index in [4.69, 9.17) is 0 Å². The number of rotatable bonds is 4. The Morgan fingerprint density at radius 1 is 1.50 bits per heavy atom. The highest BCUT2D eigenvalue weighted by Gasteiger charge is 2.57. The molecule has 0 saturated carbocycles. The number of carbonyl (C=O) groups is 1. The van der Waals surface area contributed by atoms with Crippen LogP contribution in [0.1, 0.15) is 19.3 Å². The molecular weight excluding hydrogens is 273 g/mol. The van der Waals surface area contributed by atoms with Crippen molar-refractivity contribution in [3.05, 3.63) is 0 Å². The second-order valence-corrected chi connectivity index (χ2v) is 4.30. The first-order valence-corrected chi connectivity index (χ1v) is 5.51. The van der Waals surface area contributed by atoms with E-state index in [-0.39, 0.29) is 31.3 Å². The first-order chi connectivity index (χ1) is 7.80. The lowest BCUT2D eigenvalue weighted by Crippen LogP contribution is -2.48. The number of halogens is 4. The van der Waals surface area contributed by atoms with Crippen LogP contribution in [0.3, 0.4) is 0 Å². The van der Waals surface area contributed by atoms with E-state index in [1.165, 1.54) is 0 Å². The third-order valence-electron chi connectivity index (χ3n) is 2.95. The van der Waals surface area contributed by atoms with E-state index in [1.54, 1.807) is 7.05 Å². The number of aliphatic hydroxyl groups is 1. The van der Waals surface area contributed by atoms with E-state index in [0.717, 1.165) is 4.90 Å². The highest BCUT2D eigenvalue weighted by Crippen LogP contribution is 2.37. The fourth-order valence-corrected chi connectivity index (χ4v) is 1.81. The van der Waals surface area contributed by atoms with Crippen molar-refractivity contribution in [2.24, 2.45) is 0 Å². The van der Waals surface area contributed by atoms with Gasteiger partial charge in [-0.25, -0.2) is 0 Å². The number of alkyl halides is 3. The van der Waals surface area contributed by atoms with Crippen molar-refractivity contribution in [2.45, 2.75) is 31.0 Å². The minimum atomic E-state index is -4.67. The molecule has 1 aliphatic rings. The normalized spacial score (nSPS) is 23.9. The maximum atomic E-state index is 12.5. The van der Waals surface area contributed by atoms with E-state index in [1.807, 2.05) is 0 Å². The van der Waals surface area contributed by atoms with Gasteiger partial charge in [0.2, 0.25) is 5.91 Å². The molecule has 1 atom stereocenters. The number of hydrogen-bond donors (Lipinski definition) is 2. The summed E-state index contributed by atoms with van der Waals surface area (Å²) in [5.74, 6) is -0.333. The molecule has 4 nitrogen and oxygen atoms in total. The second kappa shape index (κ2) is 6.58. The van der Waals surface area contributed by atoms with Gasteiger partial charge in [-0.2, -0.15) is 13.2 Å². The van der Waals surface area contributed by atoms with Crippen molar-refractivity contribution >= 4 is 18.3 Å². The van der Waals surface area contributed by atoms with Gasteiger partial charge in [0.1, 0.15) is 0 Å². The minimum Gasteiger partial charge on any atom is -0.379 e. The molecule has 108 valence electrons. The van der Waals surface area contributed by atoms with Crippen molar-refractivity contribution in [1.82, 2.24) is 10.2 Å². The molecule has 1 aliphatic heterocycles. The minimum absolute atomic E-state index is 0. The molecule has 0 aliphatic carbocycles. The molecular formula is C10H18ClF3N2O2. The molecule has 1 heterocycles. The number of hydrogen-bond acceptors (Lipinski definition) is 3. The summed E-state index contributed by atoms with van der Waals surface area (Å²) in [5, 5.41) is 12.2. The van der Waals surface area contributed by atoms with Gasteiger partial charge in [-0.1, -0.05) is 0 Å². The summed E-state index contributed by atoms with van der Waals surface area (Å²) in [4.78, 5) is 12.6. The number of likely N-dealkylation sites (tertiary alicyclic amines) is 1. The molecule has 1 saturated heterocycles. The first kappa shape index (κ1) is 17.5. The van der Waals surface area contributed by atoms with Crippen LogP contribution in [0.15, 0.2) is 0 Å². The first-order valence-electron chi connectivity index (χ1n) is 5.51. The van der Waals surface area contributed by atoms with Gasteiger partial charge in [0.15, 0.2) is 5.60 Å². The Morgan fingerprint density at radius 2 is 2.11 bits per heavy atom. The van der Waals surface area contributed by atoms with E-state index in [0.29, 0.717) is 13.0 Å². The van der Waals surface area contributed by atoms with Gasteiger partial charge in [0, 0.05) is 19.4 Å². The van der Waals surface area contributed by atoms with Crippen LogP contribution in [-0.4, -0.2) is 54.4 Å². The zero-order valence-electron chi connectivity index (χ0n) is 10.1. The van der Waals surface area contributed by atoms with Gasteiger partial charge in [-0.15, -0.1) is 12.4 Å². The van der Waals surface area contributed by atoms with Gasteiger partial charge >= 0.3 is 6.18 Å². The second-order valence-electron chi connectivity index (χ2n) is 4.30. The van der Waals surface area contributed by atoms with E-state index in [2.05, 4.69) is 5.32 Å². The Labute approximate surface area is 110 Å². The topological polar surface area (TPSA) is 52.6 Å². The van der Waals surface area contributed by atoms with E-state index < -0.39 is 24.7 Å². The van der Waals surface area contributed by atoms with E-state index in [9.17, 15) is 23.1 Å². The summed E-state index contributed by atoms with van der Waals surface area (Å²) in [6, 6.07) is 0. The van der Waals surface area contributed by atoms with E-state index >= 15 is 0 Å². The summed E-state index contributed by atoms with van der Waals surface area (Å²) in [5.41, 5.74) is -2.73. The Bertz CT molecular complexity index is 289. The SMILES string of the molecule is CNCCCC(=O)N1CCC(O)(C(F)(F)F)C1.Cl. The predicted octanol–water partition coefficient (Wildman–Crippen LogP) is 0.933. The molecule has 2 N–H and O–H groups in total. The van der Waals surface area contributed by atoms with Crippen LogP contribution in [0, 0.1) is 0 Å². The van der Waals surface area contributed by atoms with Gasteiger partial charge in [-0.05, 0) is 20.0 Å². The number of amides is 1. The van der Waals surface area contributed by atoms with Gasteiger partial charge in [0.05, 0.1) is 6.54 Å². The largest absolute Gasteiger partial charge is 0.419 e. The predicted molar refractivity (Wildman–Crippen MR) is 62.6 cm³/mol. The third kappa shape index (κ3) is 4.00. The van der Waals surface area contributed by atoms with Crippen LogP contribution in [-0.2, 0) is 4.79 Å². The van der Waals surface area contributed by atoms with Gasteiger partial charge in [-0.3, -0.25) is 4.79 Å². The van der Waals surface area contributed by atoms with Crippen molar-refractivity contribution in [2.75, 3.05) is 26.7 Å². The third-order valence-corrected chi connectivity index (χ3v) is 2.95. The molecule has 0 aromatic carbocycles. The van der Waals surface area contributed by atoms with Crippen LogP contribution in [0.5, 0.6) is 0 Å². The molecule has 1 fully saturated rings. The average molecular weight is 291 g/mol. The molecule has 1 rings (SSSR count). The number of nitrogens with zero attached hydrogens (tertiary/aromatic N) is 1. The van der Waals surface area contributed by atoms with Crippen LogP contribution < -0.4 is 5.32 Å². The Hall–Kier alpha value is -0.530. The Kier molecular flexibility index (Phi) is 6.39. The van der Waals surface area contributed by atoms with Gasteiger partial charge < -0.3 is 15.3 Å². The molecule has 18 heavy (non-hydrogen) atoms. The fourth-order valence-electron chi connectivity index (χ4n) is 1.81. The highest BCUT2D eigenvalue weighted by atomic mass is 35.5. The molecule has 0 bridgehead atoms. The standard InChI is InChI=1S/C10H17F3N2O2.ClH/c1-14-5-2-3-8(16)15-6-4-9(17,7-15)10(11,12)13;/h14,17H,2-7H2,1H3;1H. The van der Waals surface area contributed by atoms with Crippen LogP contribution in [0.2, 0.25) is 0 Å². The number of carbonyl (C=O) groups excluding carboxylic acids is 1. The van der Waals surface area contributed by atoms with Gasteiger partial charge in [0.25, 0.3) is 0 Å². The molecule has 0 radical (unpaired) electrons. The Balaban J connectivity index is 0.00000289. The van der Waals surface area contributed by atoms with Crippen LogP contribution in [0.4, 0.5) is 13.2 Å². The molecule has 0 aromatic heterocycles. The highest BCUT2D eigenvalue weighted by molar-refractivity contribution is 5.85. The quantitative estimate of drug-likeness (QED) is 0.758. The molecule has 0 aromatic rings. The summed E-state index contributed by atoms with van der Waals surface area (Å²) in [6.45, 7) is -0.0353. The molecule has 1 amide bonds. The van der Waals surface area contributed by atoms with Crippen molar-refractivity contribution < 1.29 is 23.1 Å². The lowest BCUT2D eigenvalue weighted by molar-refractivity contribution is -0.253. The summed E-state index contributed by atoms with van der Waals surface area (Å²) in [7, 11) is 1.74. The van der Waals surface area contributed by atoms with Crippen LogP contribution in [0.25, 0.3) is 0 Å². The maximum Gasteiger partial charge on any atom is 0.419 e. The summed E-state index contributed by atoms with van der Waals surface area (Å²) >= 11 is 0. The maximum absolute atomic E-state index is 12.5. The zero-order valence-corrected chi connectivity index (χ0v) is 10.9. The summed E-state index contributed by atoms with van der Waals surface area (Å²) < 4.78 is 37.5. The van der Waals surface area contributed by atoms with Crippen molar-refractivity contribution in [1.29, 1.82) is 0 Å². The smallest absolute Gasteiger partial charge is 0.379 e. The fraction of sp³-hybridized carbons (Fsp3) is 0.900. The lowest BCUT2D eigenvalue weighted by atomic mass is 10.0. The molecule has 8 heteroatoms. The lowest BCUT2D eigenvalue weighted by Gasteiger charge is -2.25. The zero-order chi connectivity index (χ0) is 13.1. The average Bonchev–Trinajstić information content (AvgIpc) is 2.62. The van der Waals surface area contributed by atoms with Crippen LogP contribution >= 0.6 is 12.4 Å². The monoisotopic (exact) mass is 290 g/mol.